The van der Waals surface area contributed by atoms with E-state index in [1.54, 1.807) is 0 Å². The highest BCUT2D eigenvalue weighted by atomic mass is 16.6. The Labute approximate surface area is 213 Å². The molecule has 3 heterocycles. The summed E-state index contributed by atoms with van der Waals surface area (Å²) < 4.78 is 32.2. The number of para-hydroxylation sites is 1. The van der Waals surface area contributed by atoms with Gasteiger partial charge >= 0.3 is 0 Å². The molecule has 0 radical (unpaired) electrons. The maximum Gasteiger partial charge on any atom is 0.119 e. The monoisotopic (exact) mass is 490 g/mol. The maximum atomic E-state index is 5.72. The number of benzene rings is 3. The smallest absolute Gasteiger partial charge is 0.119 e. The molecular weight excluding hydrogens is 456 g/mol. The van der Waals surface area contributed by atoms with Crippen molar-refractivity contribution in [2.45, 2.75) is 37.6 Å². The van der Waals surface area contributed by atoms with Crippen molar-refractivity contribution < 1.29 is 28.4 Å². The van der Waals surface area contributed by atoms with E-state index in [0.717, 1.165) is 37.1 Å². The SMILES string of the molecule is CC(C)(c1ccc(OCC2CO2)cc1)c1ccc(OCC2CO2)cc1.c1ccc(OCC2CO2)cc1. The minimum Gasteiger partial charge on any atom is -0.491 e. The number of rotatable bonds is 11. The van der Waals surface area contributed by atoms with E-state index in [0.29, 0.717) is 25.9 Å². The molecule has 0 N–H and O–H groups in total. The molecular formula is C30H34O6. The van der Waals surface area contributed by atoms with Crippen LogP contribution in [-0.2, 0) is 19.6 Å². The fraction of sp³-hybridized carbons (Fsp3) is 0.400. The molecule has 190 valence electrons. The summed E-state index contributed by atoms with van der Waals surface area (Å²) in [4.78, 5) is 0. The molecule has 3 aliphatic rings. The summed E-state index contributed by atoms with van der Waals surface area (Å²) in [5.74, 6) is 2.70. The van der Waals surface area contributed by atoms with Gasteiger partial charge < -0.3 is 28.4 Å². The molecule has 0 aliphatic carbocycles. The highest BCUT2D eigenvalue weighted by molar-refractivity contribution is 5.41. The predicted molar refractivity (Wildman–Crippen MR) is 137 cm³/mol. The maximum absolute atomic E-state index is 5.72. The first-order valence-corrected chi connectivity index (χ1v) is 12.6. The van der Waals surface area contributed by atoms with E-state index in [4.69, 9.17) is 28.4 Å². The van der Waals surface area contributed by atoms with Crippen molar-refractivity contribution in [2.75, 3.05) is 39.6 Å². The molecule has 0 aromatic heterocycles. The lowest BCUT2D eigenvalue weighted by Gasteiger charge is -2.26. The molecule has 0 spiro atoms. The second-order valence-corrected chi connectivity index (χ2v) is 9.79. The summed E-state index contributed by atoms with van der Waals surface area (Å²) in [6, 6.07) is 26.5. The fourth-order valence-electron chi connectivity index (χ4n) is 3.68. The van der Waals surface area contributed by atoms with Gasteiger partial charge in [-0.05, 0) is 47.5 Å². The third kappa shape index (κ3) is 7.47. The first kappa shape index (κ1) is 24.6. The van der Waals surface area contributed by atoms with Crippen molar-refractivity contribution in [2.24, 2.45) is 0 Å². The van der Waals surface area contributed by atoms with Crippen LogP contribution in [-0.4, -0.2) is 58.0 Å². The Hall–Kier alpha value is -3.06. The molecule has 3 aromatic rings. The molecule has 3 aromatic carbocycles. The number of hydrogen-bond acceptors (Lipinski definition) is 6. The quantitative estimate of drug-likeness (QED) is 0.351. The molecule has 6 heteroatoms. The predicted octanol–water partition coefficient (Wildman–Crippen LogP) is 5.03. The lowest BCUT2D eigenvalue weighted by Crippen LogP contribution is -2.18. The van der Waals surface area contributed by atoms with E-state index in [1.807, 2.05) is 54.6 Å². The third-order valence-electron chi connectivity index (χ3n) is 6.41. The van der Waals surface area contributed by atoms with Crippen LogP contribution >= 0.6 is 0 Å². The highest BCUT2D eigenvalue weighted by Gasteiger charge is 2.26. The van der Waals surface area contributed by atoms with Crippen LogP contribution in [0.15, 0.2) is 78.9 Å². The van der Waals surface area contributed by atoms with Gasteiger partial charge in [-0.25, -0.2) is 0 Å². The molecule has 0 bridgehead atoms. The molecule has 6 nitrogen and oxygen atoms in total. The zero-order chi connectivity index (χ0) is 24.8. The Morgan fingerprint density at radius 1 is 0.556 bits per heavy atom. The van der Waals surface area contributed by atoms with Crippen LogP contribution in [0, 0.1) is 0 Å². The van der Waals surface area contributed by atoms with Crippen molar-refractivity contribution >= 4 is 0 Å². The lowest BCUT2D eigenvalue weighted by atomic mass is 9.78. The molecule has 0 saturated carbocycles. The van der Waals surface area contributed by atoms with E-state index in [-0.39, 0.29) is 17.6 Å². The summed E-state index contributed by atoms with van der Waals surface area (Å²) in [5.41, 5.74) is 2.42. The van der Waals surface area contributed by atoms with Gasteiger partial charge in [-0.2, -0.15) is 0 Å². The van der Waals surface area contributed by atoms with Gasteiger partial charge in [0.1, 0.15) is 55.4 Å². The van der Waals surface area contributed by atoms with Gasteiger partial charge in [0.15, 0.2) is 0 Å². The molecule has 0 amide bonds. The number of epoxide rings is 3. The third-order valence-corrected chi connectivity index (χ3v) is 6.41. The van der Waals surface area contributed by atoms with Crippen LogP contribution in [0.5, 0.6) is 17.2 Å². The van der Waals surface area contributed by atoms with E-state index in [2.05, 4.69) is 38.1 Å². The zero-order valence-electron chi connectivity index (χ0n) is 20.9. The second-order valence-electron chi connectivity index (χ2n) is 9.79. The molecule has 3 fully saturated rings. The second kappa shape index (κ2) is 11.3. The Balaban J connectivity index is 0.000000202. The average Bonchev–Trinajstić information content (AvgIpc) is 3.77. The van der Waals surface area contributed by atoms with Gasteiger partial charge in [0.05, 0.1) is 19.8 Å². The molecule has 3 saturated heterocycles. The summed E-state index contributed by atoms with van der Waals surface area (Å²) in [7, 11) is 0. The Morgan fingerprint density at radius 2 is 0.889 bits per heavy atom. The summed E-state index contributed by atoms with van der Waals surface area (Å²) in [5, 5.41) is 0. The zero-order valence-corrected chi connectivity index (χ0v) is 20.9. The van der Waals surface area contributed by atoms with Crippen molar-refractivity contribution in [1.82, 2.24) is 0 Å². The minimum atomic E-state index is -0.0870. The van der Waals surface area contributed by atoms with E-state index >= 15 is 0 Å². The van der Waals surface area contributed by atoms with Crippen molar-refractivity contribution in [3.8, 4) is 17.2 Å². The average molecular weight is 491 g/mol. The topological polar surface area (TPSA) is 65.3 Å². The molecule has 36 heavy (non-hydrogen) atoms. The van der Waals surface area contributed by atoms with Crippen molar-refractivity contribution in [3.05, 3.63) is 90.0 Å². The minimum absolute atomic E-state index is 0.0870. The van der Waals surface area contributed by atoms with Gasteiger partial charge in [0, 0.05) is 5.41 Å². The molecule has 3 unspecified atom stereocenters. The van der Waals surface area contributed by atoms with Crippen LogP contribution in [0.4, 0.5) is 0 Å². The molecule has 3 atom stereocenters. The Kier molecular flexibility index (Phi) is 7.75. The van der Waals surface area contributed by atoms with Crippen LogP contribution < -0.4 is 14.2 Å². The van der Waals surface area contributed by atoms with Gasteiger partial charge in [-0.3, -0.25) is 0 Å². The summed E-state index contributed by atoms with van der Waals surface area (Å²) in [6.07, 6.45) is 0.905. The number of hydrogen-bond donors (Lipinski definition) is 0. The highest BCUT2D eigenvalue weighted by Crippen LogP contribution is 2.33. The van der Waals surface area contributed by atoms with Crippen LogP contribution in [0.1, 0.15) is 25.0 Å². The largest absolute Gasteiger partial charge is 0.491 e. The number of ether oxygens (including phenoxy) is 6. The van der Waals surface area contributed by atoms with Gasteiger partial charge in [0.25, 0.3) is 0 Å². The first-order valence-electron chi connectivity index (χ1n) is 12.6. The van der Waals surface area contributed by atoms with Gasteiger partial charge in [-0.1, -0.05) is 56.3 Å². The van der Waals surface area contributed by atoms with E-state index in [1.165, 1.54) is 11.1 Å². The lowest BCUT2D eigenvalue weighted by molar-refractivity contribution is 0.263. The van der Waals surface area contributed by atoms with Gasteiger partial charge in [-0.15, -0.1) is 0 Å². The molecule has 6 rings (SSSR count). The van der Waals surface area contributed by atoms with Crippen molar-refractivity contribution in [3.63, 3.8) is 0 Å². The van der Waals surface area contributed by atoms with E-state index in [9.17, 15) is 0 Å². The van der Waals surface area contributed by atoms with Crippen LogP contribution in [0.2, 0.25) is 0 Å². The Morgan fingerprint density at radius 3 is 1.22 bits per heavy atom. The standard InChI is InChI=1S/C21H24O4.C9H10O2/c1-21(2,15-3-7-17(8-4-15)22-11-19-13-24-19)16-5-9-18(10-6-16)23-12-20-14-25-20;1-2-4-8(5-3-1)10-6-9-7-11-9/h3-10,19-20H,11-14H2,1-2H3;1-5,9H,6-7H2. The van der Waals surface area contributed by atoms with E-state index < -0.39 is 0 Å². The normalized spacial score (nSPS) is 21.6. The summed E-state index contributed by atoms with van der Waals surface area (Å²) in [6.45, 7) is 8.91. The fourth-order valence-corrected chi connectivity index (χ4v) is 3.68. The first-order chi connectivity index (χ1) is 17.6. The van der Waals surface area contributed by atoms with Crippen LogP contribution in [0.3, 0.4) is 0 Å². The Bertz CT molecular complexity index is 1010. The summed E-state index contributed by atoms with van der Waals surface area (Å²) >= 11 is 0. The van der Waals surface area contributed by atoms with Crippen LogP contribution in [0.25, 0.3) is 0 Å². The molecule has 3 aliphatic heterocycles. The van der Waals surface area contributed by atoms with Crippen molar-refractivity contribution in [1.29, 1.82) is 0 Å². The van der Waals surface area contributed by atoms with Gasteiger partial charge in [0.2, 0.25) is 0 Å².